The van der Waals surface area contributed by atoms with E-state index in [0.717, 1.165) is 45.1 Å². The van der Waals surface area contributed by atoms with Gasteiger partial charge in [0.1, 0.15) is 0 Å². The summed E-state index contributed by atoms with van der Waals surface area (Å²) >= 11 is 1.74. The molecule has 1 aromatic carbocycles. The van der Waals surface area contributed by atoms with Gasteiger partial charge in [-0.25, -0.2) is 4.68 Å². The normalized spacial score (nSPS) is 17.4. The van der Waals surface area contributed by atoms with E-state index in [1.54, 1.807) is 11.3 Å². The molecule has 1 saturated heterocycles. The van der Waals surface area contributed by atoms with Crippen molar-refractivity contribution in [3.8, 4) is 0 Å². The third-order valence-corrected chi connectivity index (χ3v) is 5.89. The third-order valence-electron chi connectivity index (χ3n) is 5.02. The van der Waals surface area contributed by atoms with Crippen molar-refractivity contribution in [2.45, 2.75) is 19.5 Å². The molecule has 7 heteroatoms. The number of rotatable bonds is 6. The molecule has 0 amide bonds. The zero-order valence-electron chi connectivity index (χ0n) is 15.0. The highest BCUT2D eigenvalue weighted by molar-refractivity contribution is 7.09. The number of aromatic nitrogens is 4. The van der Waals surface area contributed by atoms with Gasteiger partial charge in [-0.1, -0.05) is 43.3 Å². The van der Waals surface area contributed by atoms with Crippen LogP contribution in [-0.4, -0.2) is 62.7 Å². The smallest absolute Gasteiger partial charge is 0.173 e. The van der Waals surface area contributed by atoms with Crippen LogP contribution >= 0.6 is 11.3 Å². The zero-order valence-corrected chi connectivity index (χ0v) is 15.8. The summed E-state index contributed by atoms with van der Waals surface area (Å²) in [7, 11) is 0. The molecule has 3 heterocycles. The lowest BCUT2D eigenvalue weighted by Crippen LogP contribution is -2.48. The first-order valence-electron chi connectivity index (χ1n) is 9.15. The van der Waals surface area contributed by atoms with Crippen LogP contribution in [0.3, 0.4) is 0 Å². The molecule has 3 aromatic rings. The van der Waals surface area contributed by atoms with E-state index < -0.39 is 0 Å². The second kappa shape index (κ2) is 8.07. The summed E-state index contributed by atoms with van der Waals surface area (Å²) in [6, 6.07) is 14.9. The van der Waals surface area contributed by atoms with Gasteiger partial charge in [0.25, 0.3) is 0 Å². The molecule has 4 rings (SSSR count). The van der Waals surface area contributed by atoms with E-state index in [2.05, 4.69) is 80.1 Å². The molecule has 1 aliphatic heterocycles. The second-order valence-corrected chi connectivity index (χ2v) is 7.59. The van der Waals surface area contributed by atoms with Gasteiger partial charge in [-0.3, -0.25) is 4.90 Å². The Labute approximate surface area is 158 Å². The average molecular weight is 369 g/mol. The molecule has 2 aromatic heterocycles. The van der Waals surface area contributed by atoms with Crippen LogP contribution in [0.4, 0.5) is 0 Å². The number of hydrogen-bond donors (Lipinski definition) is 0. The summed E-state index contributed by atoms with van der Waals surface area (Å²) in [4.78, 5) is 6.27. The Morgan fingerprint density at radius 3 is 2.54 bits per heavy atom. The van der Waals surface area contributed by atoms with Gasteiger partial charge in [0.05, 0.1) is 12.6 Å². The highest BCUT2D eigenvalue weighted by Gasteiger charge is 2.30. The minimum Gasteiger partial charge on any atom is -0.301 e. The summed E-state index contributed by atoms with van der Waals surface area (Å²) in [5.41, 5.74) is 1.25. The standard InChI is InChI=1S/C19H24N6S/c1-2-23-10-12-24(13-11-23)18(16-7-4-3-5-8-16)19-20-21-22-25(19)15-17-9-6-14-26-17/h3-9,14,18H,2,10-13,15H2,1H3. The third kappa shape index (κ3) is 3.70. The fourth-order valence-electron chi connectivity index (χ4n) is 3.57. The monoisotopic (exact) mass is 368 g/mol. The molecule has 26 heavy (non-hydrogen) atoms. The van der Waals surface area contributed by atoms with Crippen LogP contribution < -0.4 is 0 Å². The van der Waals surface area contributed by atoms with Crippen LogP contribution in [-0.2, 0) is 6.54 Å². The molecule has 0 aliphatic carbocycles. The van der Waals surface area contributed by atoms with E-state index in [9.17, 15) is 0 Å². The van der Waals surface area contributed by atoms with Gasteiger partial charge < -0.3 is 4.90 Å². The van der Waals surface area contributed by atoms with Gasteiger partial charge in [0, 0.05) is 31.1 Å². The largest absolute Gasteiger partial charge is 0.301 e. The predicted molar refractivity (Wildman–Crippen MR) is 103 cm³/mol. The summed E-state index contributed by atoms with van der Waals surface area (Å²) in [6.45, 7) is 8.29. The summed E-state index contributed by atoms with van der Waals surface area (Å²) < 4.78 is 1.95. The molecule has 0 bridgehead atoms. The van der Waals surface area contributed by atoms with Gasteiger partial charge in [0.2, 0.25) is 0 Å². The first-order valence-corrected chi connectivity index (χ1v) is 10.0. The Morgan fingerprint density at radius 1 is 1.04 bits per heavy atom. The van der Waals surface area contributed by atoms with Crippen LogP contribution in [0, 0.1) is 0 Å². The average Bonchev–Trinajstić information content (AvgIpc) is 3.37. The first kappa shape index (κ1) is 17.3. The molecule has 0 radical (unpaired) electrons. The maximum absolute atomic E-state index is 4.44. The second-order valence-electron chi connectivity index (χ2n) is 6.56. The van der Waals surface area contributed by atoms with Crippen molar-refractivity contribution < 1.29 is 0 Å². The number of nitrogens with zero attached hydrogens (tertiary/aromatic N) is 6. The zero-order chi connectivity index (χ0) is 17.8. The number of likely N-dealkylation sites (N-methyl/N-ethyl adjacent to an activating group) is 1. The Balaban J connectivity index is 1.65. The topological polar surface area (TPSA) is 50.1 Å². The maximum atomic E-state index is 4.44. The Hall–Kier alpha value is -2.09. The van der Waals surface area contributed by atoms with E-state index in [1.807, 2.05) is 4.68 Å². The number of tetrazole rings is 1. The van der Waals surface area contributed by atoms with Gasteiger partial charge in [-0.2, -0.15) is 0 Å². The van der Waals surface area contributed by atoms with Crippen molar-refractivity contribution in [3.05, 3.63) is 64.1 Å². The van der Waals surface area contributed by atoms with E-state index in [0.29, 0.717) is 0 Å². The molecule has 0 spiro atoms. The molecule has 0 saturated carbocycles. The van der Waals surface area contributed by atoms with Crippen molar-refractivity contribution in [1.29, 1.82) is 0 Å². The highest BCUT2D eigenvalue weighted by atomic mass is 32.1. The van der Waals surface area contributed by atoms with E-state index in [-0.39, 0.29) is 6.04 Å². The van der Waals surface area contributed by atoms with Crippen LogP contribution in [0.5, 0.6) is 0 Å². The Bertz CT molecular complexity index is 793. The molecular formula is C19H24N6S. The lowest BCUT2D eigenvalue weighted by atomic mass is 10.0. The molecule has 1 fully saturated rings. The van der Waals surface area contributed by atoms with Crippen LogP contribution in [0.1, 0.15) is 29.2 Å². The van der Waals surface area contributed by atoms with Crippen LogP contribution in [0.15, 0.2) is 47.8 Å². The molecular weight excluding hydrogens is 344 g/mol. The van der Waals surface area contributed by atoms with Crippen molar-refractivity contribution >= 4 is 11.3 Å². The molecule has 1 aliphatic rings. The highest BCUT2D eigenvalue weighted by Crippen LogP contribution is 2.28. The SMILES string of the molecule is CCN1CCN(C(c2ccccc2)c2nnnn2Cc2cccs2)CC1. The summed E-state index contributed by atoms with van der Waals surface area (Å²) in [5, 5.41) is 14.8. The lowest BCUT2D eigenvalue weighted by molar-refractivity contribution is 0.108. The van der Waals surface area contributed by atoms with Gasteiger partial charge in [0.15, 0.2) is 5.82 Å². The number of benzene rings is 1. The van der Waals surface area contributed by atoms with E-state index >= 15 is 0 Å². The molecule has 6 nitrogen and oxygen atoms in total. The fourth-order valence-corrected chi connectivity index (χ4v) is 4.25. The van der Waals surface area contributed by atoms with Crippen molar-refractivity contribution in [2.24, 2.45) is 0 Å². The Kier molecular flexibility index (Phi) is 5.38. The van der Waals surface area contributed by atoms with Crippen LogP contribution in [0.2, 0.25) is 0 Å². The quantitative estimate of drug-likeness (QED) is 0.669. The lowest BCUT2D eigenvalue weighted by Gasteiger charge is -2.38. The Morgan fingerprint density at radius 2 is 1.85 bits per heavy atom. The minimum absolute atomic E-state index is 0.0881. The number of piperazine rings is 1. The predicted octanol–water partition coefficient (Wildman–Crippen LogP) is 2.51. The van der Waals surface area contributed by atoms with E-state index in [1.165, 1.54) is 10.4 Å². The van der Waals surface area contributed by atoms with Gasteiger partial charge in [-0.05, 0) is 34.0 Å². The minimum atomic E-state index is 0.0881. The van der Waals surface area contributed by atoms with Crippen LogP contribution in [0.25, 0.3) is 0 Å². The summed E-state index contributed by atoms with van der Waals surface area (Å²) in [5.74, 6) is 0.926. The first-order chi connectivity index (χ1) is 12.8. The molecule has 1 atom stereocenters. The van der Waals surface area contributed by atoms with Crippen molar-refractivity contribution in [3.63, 3.8) is 0 Å². The van der Waals surface area contributed by atoms with E-state index in [4.69, 9.17) is 0 Å². The van der Waals surface area contributed by atoms with Gasteiger partial charge >= 0.3 is 0 Å². The molecule has 0 N–H and O–H groups in total. The number of thiophene rings is 1. The number of hydrogen-bond acceptors (Lipinski definition) is 6. The van der Waals surface area contributed by atoms with Crippen molar-refractivity contribution in [2.75, 3.05) is 32.7 Å². The van der Waals surface area contributed by atoms with Crippen molar-refractivity contribution in [1.82, 2.24) is 30.0 Å². The maximum Gasteiger partial charge on any atom is 0.173 e. The molecule has 136 valence electrons. The summed E-state index contributed by atoms with van der Waals surface area (Å²) in [6.07, 6.45) is 0. The van der Waals surface area contributed by atoms with Gasteiger partial charge in [-0.15, -0.1) is 16.4 Å². The fraction of sp³-hybridized carbons (Fsp3) is 0.421. The molecule has 1 unspecified atom stereocenters.